The predicted molar refractivity (Wildman–Crippen MR) is 119 cm³/mol. The van der Waals surface area contributed by atoms with Gasteiger partial charge in [0, 0.05) is 17.3 Å². The number of pyridine rings is 1. The molecule has 1 aliphatic carbocycles. The van der Waals surface area contributed by atoms with Crippen LogP contribution in [0.1, 0.15) is 18.4 Å². The Hall–Kier alpha value is -4.06. The molecule has 0 saturated heterocycles. The minimum absolute atomic E-state index is 0.112. The highest BCUT2D eigenvalue weighted by Crippen LogP contribution is 2.35. The number of allylic oxidation sites excluding steroid dienone is 3. The molecule has 0 spiro atoms. The van der Waals surface area contributed by atoms with Gasteiger partial charge in [0.05, 0.1) is 16.9 Å². The summed E-state index contributed by atoms with van der Waals surface area (Å²) in [4.78, 5) is 4.49. The number of aromatic hydroxyl groups is 1. The van der Waals surface area contributed by atoms with E-state index in [-0.39, 0.29) is 11.6 Å². The van der Waals surface area contributed by atoms with Crippen molar-refractivity contribution in [3.05, 3.63) is 84.3 Å². The Labute approximate surface area is 174 Å². The quantitative estimate of drug-likeness (QED) is 0.370. The number of rotatable bonds is 5. The largest absolute Gasteiger partial charge is 0.508 e. The average molecular weight is 398 g/mol. The van der Waals surface area contributed by atoms with Crippen molar-refractivity contribution in [3.8, 4) is 33.9 Å². The molecule has 6 nitrogen and oxygen atoms in total. The van der Waals surface area contributed by atoms with Crippen LogP contribution in [0.25, 0.3) is 22.4 Å². The highest BCUT2D eigenvalue weighted by atomic mass is 16.5. The van der Waals surface area contributed by atoms with Crippen LogP contribution in [0, 0.1) is 5.41 Å². The van der Waals surface area contributed by atoms with Crippen LogP contribution in [0.4, 0.5) is 5.69 Å². The number of anilines is 1. The average Bonchev–Trinajstić information content (AvgIpc) is 2.74. The predicted octanol–water partition coefficient (Wildman–Crippen LogP) is 4.60. The number of nitrogen functional groups attached to an aromatic ring is 2. The molecule has 0 saturated carbocycles. The zero-order chi connectivity index (χ0) is 21.1. The van der Waals surface area contributed by atoms with Gasteiger partial charge < -0.3 is 21.3 Å². The van der Waals surface area contributed by atoms with Crippen LogP contribution in [0.2, 0.25) is 0 Å². The van der Waals surface area contributed by atoms with E-state index in [0.29, 0.717) is 28.1 Å². The van der Waals surface area contributed by atoms with Gasteiger partial charge in [-0.05, 0) is 54.8 Å². The molecule has 6 N–H and O–H groups in total. The van der Waals surface area contributed by atoms with Crippen LogP contribution in [-0.2, 0) is 0 Å². The first-order valence-corrected chi connectivity index (χ1v) is 9.60. The third-order valence-electron chi connectivity index (χ3n) is 4.87. The second kappa shape index (κ2) is 8.13. The minimum atomic E-state index is -0.149. The molecule has 0 atom stereocenters. The van der Waals surface area contributed by atoms with Crippen molar-refractivity contribution < 1.29 is 9.84 Å². The van der Waals surface area contributed by atoms with Crippen LogP contribution >= 0.6 is 0 Å². The number of phenolic OH excluding ortho intramolecular Hbond substituents is 1. The number of phenols is 1. The maximum atomic E-state index is 9.76. The molecule has 0 fully saturated rings. The van der Waals surface area contributed by atoms with Gasteiger partial charge in [-0.1, -0.05) is 30.3 Å². The lowest BCUT2D eigenvalue weighted by Crippen LogP contribution is -2.16. The van der Waals surface area contributed by atoms with Gasteiger partial charge in [-0.25, -0.2) is 0 Å². The molecule has 1 aromatic heterocycles. The number of nitrogens with one attached hydrogen (secondary N) is 1. The molecule has 0 aliphatic heterocycles. The van der Waals surface area contributed by atoms with Crippen molar-refractivity contribution in [3.63, 3.8) is 0 Å². The van der Waals surface area contributed by atoms with Gasteiger partial charge in [0.2, 0.25) is 0 Å². The summed E-state index contributed by atoms with van der Waals surface area (Å²) in [6, 6.07) is 14.2. The van der Waals surface area contributed by atoms with E-state index < -0.39 is 0 Å². The van der Waals surface area contributed by atoms with Gasteiger partial charge >= 0.3 is 0 Å². The zero-order valence-corrected chi connectivity index (χ0v) is 16.3. The smallest absolute Gasteiger partial charge is 0.127 e. The van der Waals surface area contributed by atoms with Crippen molar-refractivity contribution >= 4 is 11.5 Å². The van der Waals surface area contributed by atoms with Crippen molar-refractivity contribution in [2.45, 2.75) is 12.8 Å². The normalized spacial score (nSPS) is 13.0. The molecule has 0 unspecified atom stereocenters. The Morgan fingerprint density at radius 1 is 1.07 bits per heavy atom. The van der Waals surface area contributed by atoms with E-state index in [1.807, 2.05) is 30.3 Å². The number of benzene rings is 2. The number of hydrogen-bond acceptors (Lipinski definition) is 5. The fourth-order valence-electron chi connectivity index (χ4n) is 3.42. The van der Waals surface area contributed by atoms with Gasteiger partial charge in [-0.2, -0.15) is 0 Å². The summed E-state index contributed by atoms with van der Waals surface area (Å²) in [6.07, 6.45) is 9.78. The Morgan fingerprint density at radius 3 is 2.53 bits per heavy atom. The van der Waals surface area contributed by atoms with E-state index in [1.165, 1.54) is 0 Å². The molecule has 4 rings (SSSR count). The Kier molecular flexibility index (Phi) is 5.22. The molecule has 1 heterocycles. The molecule has 30 heavy (non-hydrogen) atoms. The molecule has 0 radical (unpaired) electrons. The van der Waals surface area contributed by atoms with Gasteiger partial charge in [-0.3, -0.25) is 10.4 Å². The van der Waals surface area contributed by atoms with Crippen LogP contribution in [-0.4, -0.2) is 15.9 Å². The topological polar surface area (TPSA) is 118 Å². The molecule has 1 aliphatic rings. The van der Waals surface area contributed by atoms with Crippen molar-refractivity contribution in [1.29, 1.82) is 5.41 Å². The fourth-order valence-corrected chi connectivity index (χ4v) is 3.42. The monoisotopic (exact) mass is 398 g/mol. The van der Waals surface area contributed by atoms with Crippen LogP contribution in [0.5, 0.6) is 11.5 Å². The van der Waals surface area contributed by atoms with E-state index >= 15 is 0 Å². The summed E-state index contributed by atoms with van der Waals surface area (Å²) >= 11 is 0. The van der Waals surface area contributed by atoms with Crippen molar-refractivity contribution in [2.24, 2.45) is 5.73 Å². The van der Waals surface area contributed by atoms with Crippen molar-refractivity contribution in [1.82, 2.24) is 4.98 Å². The highest BCUT2D eigenvalue weighted by molar-refractivity contribution is 6.08. The van der Waals surface area contributed by atoms with Gasteiger partial charge in [0.1, 0.15) is 23.1 Å². The third-order valence-corrected chi connectivity index (χ3v) is 4.87. The number of ether oxygens (including phenoxy) is 1. The molecule has 3 aromatic rings. The number of hydrogen-bond donors (Lipinski definition) is 4. The highest BCUT2D eigenvalue weighted by Gasteiger charge is 2.17. The maximum absolute atomic E-state index is 9.76. The molecular formula is C24H22N4O2. The first-order valence-electron chi connectivity index (χ1n) is 9.60. The van der Waals surface area contributed by atoms with E-state index in [1.54, 1.807) is 30.5 Å². The molecule has 2 aromatic carbocycles. The second-order valence-corrected chi connectivity index (χ2v) is 6.99. The fraction of sp³-hybridized carbons (Fsp3) is 0.0833. The Balaban J connectivity index is 1.70. The molecular weight excluding hydrogens is 376 g/mol. The lowest BCUT2D eigenvalue weighted by Gasteiger charge is -2.15. The van der Waals surface area contributed by atoms with E-state index in [0.717, 1.165) is 29.9 Å². The van der Waals surface area contributed by atoms with Crippen molar-refractivity contribution in [2.75, 3.05) is 5.73 Å². The van der Waals surface area contributed by atoms with E-state index in [9.17, 15) is 5.11 Å². The van der Waals surface area contributed by atoms with E-state index in [2.05, 4.69) is 17.1 Å². The SMILES string of the molecule is N=C(N)c1c(-c2ccc(OC3=CCCC=C3)cc2)cnc(-c2cccc(O)c2)c1N. The zero-order valence-electron chi connectivity index (χ0n) is 16.3. The van der Waals surface area contributed by atoms with Crippen LogP contribution in [0.15, 0.2) is 78.7 Å². The summed E-state index contributed by atoms with van der Waals surface area (Å²) in [5.74, 6) is 1.52. The second-order valence-electron chi connectivity index (χ2n) is 6.99. The molecule has 150 valence electrons. The van der Waals surface area contributed by atoms with E-state index in [4.69, 9.17) is 21.6 Å². The van der Waals surface area contributed by atoms with Gasteiger partial charge in [0.15, 0.2) is 0 Å². The summed E-state index contributed by atoms with van der Waals surface area (Å²) in [6.45, 7) is 0. The summed E-state index contributed by atoms with van der Waals surface area (Å²) in [5.41, 5.74) is 15.5. The van der Waals surface area contributed by atoms with Gasteiger partial charge in [0.25, 0.3) is 0 Å². The first-order chi connectivity index (χ1) is 14.5. The number of aromatic nitrogens is 1. The lowest BCUT2D eigenvalue weighted by molar-refractivity contribution is 0.439. The molecule has 0 amide bonds. The lowest BCUT2D eigenvalue weighted by atomic mass is 9.96. The van der Waals surface area contributed by atoms with Crippen LogP contribution < -0.4 is 16.2 Å². The summed E-state index contributed by atoms with van der Waals surface area (Å²) in [7, 11) is 0. The number of nitrogens with two attached hydrogens (primary N) is 2. The standard InChI is InChI=1S/C24H22N4O2/c25-22-21(24(26)27)20(14-28-23(22)16-5-4-6-17(29)13-16)15-9-11-19(12-10-15)30-18-7-2-1-3-8-18/h2,4-14,29H,1,3,25H2,(H3,26,27). The van der Waals surface area contributed by atoms with Gasteiger partial charge in [-0.15, -0.1) is 0 Å². The summed E-state index contributed by atoms with van der Waals surface area (Å²) in [5, 5.41) is 17.8. The number of nitrogens with zero attached hydrogens (tertiary/aromatic N) is 1. The minimum Gasteiger partial charge on any atom is -0.508 e. The van der Waals surface area contributed by atoms with Crippen LogP contribution in [0.3, 0.4) is 0 Å². The molecule has 6 heteroatoms. The summed E-state index contributed by atoms with van der Waals surface area (Å²) < 4.78 is 5.88. The third kappa shape index (κ3) is 3.89. The Morgan fingerprint density at radius 2 is 1.87 bits per heavy atom. The first kappa shape index (κ1) is 19.3. The Bertz CT molecular complexity index is 1160. The maximum Gasteiger partial charge on any atom is 0.127 e. The number of amidine groups is 1. The molecule has 0 bridgehead atoms.